The molecule has 3 rings (SSSR count). The second-order valence-electron chi connectivity index (χ2n) is 12.4. The van der Waals surface area contributed by atoms with Gasteiger partial charge in [-0.15, -0.1) is 12.4 Å². The quantitative estimate of drug-likeness (QED) is 0.0914. The fourth-order valence-electron chi connectivity index (χ4n) is 5.22. The highest BCUT2D eigenvalue weighted by atomic mass is 35.5. The Labute approximate surface area is 308 Å². The molecule has 5 atom stereocenters. The number of aliphatic hydroxyl groups excluding tert-OH is 1. The predicted molar refractivity (Wildman–Crippen MR) is 195 cm³/mol. The minimum Gasteiger partial charge on any atom is -0.459 e. The predicted octanol–water partition coefficient (Wildman–Crippen LogP) is 0.794. The Morgan fingerprint density at radius 2 is 1.15 bits per heavy atom. The number of benzene rings is 3. The Hall–Kier alpha value is -5.31. The largest absolute Gasteiger partial charge is 0.459 e. The first kappa shape index (κ1) is 42.9. The van der Waals surface area contributed by atoms with Gasteiger partial charge in [0.05, 0.1) is 13.0 Å². The second kappa shape index (κ2) is 21.1. The van der Waals surface area contributed by atoms with Gasteiger partial charge >= 0.3 is 5.97 Å². The zero-order chi connectivity index (χ0) is 37.5. The molecule has 0 saturated carbocycles. The fourth-order valence-corrected chi connectivity index (χ4v) is 5.22. The smallest absolute Gasteiger partial charge is 0.328 e. The van der Waals surface area contributed by atoms with Crippen LogP contribution in [0, 0.1) is 5.92 Å². The number of carbonyl (C=O) groups is 6. The Kier molecular flexibility index (Phi) is 17.4. The summed E-state index contributed by atoms with van der Waals surface area (Å²) < 4.78 is 5.42. The third-order valence-corrected chi connectivity index (χ3v) is 7.99. The first-order chi connectivity index (χ1) is 24.3. The summed E-state index contributed by atoms with van der Waals surface area (Å²) in [5.41, 5.74) is 13.0. The van der Waals surface area contributed by atoms with Crippen LogP contribution in [0.1, 0.15) is 49.8 Å². The Morgan fingerprint density at radius 3 is 1.63 bits per heavy atom. The summed E-state index contributed by atoms with van der Waals surface area (Å²) in [5, 5.41) is 19.6. The second-order valence-corrected chi connectivity index (χ2v) is 12.4. The van der Waals surface area contributed by atoms with Crippen LogP contribution in [0.25, 0.3) is 0 Å². The van der Waals surface area contributed by atoms with Gasteiger partial charge in [0, 0.05) is 5.92 Å². The summed E-state index contributed by atoms with van der Waals surface area (Å²) in [7, 11) is 0. The van der Waals surface area contributed by atoms with Crippen molar-refractivity contribution < 1.29 is 38.6 Å². The van der Waals surface area contributed by atoms with Gasteiger partial charge in [0.1, 0.15) is 36.8 Å². The maximum absolute atomic E-state index is 14.2. The minimum atomic E-state index is -1.51. The number of primary amides is 1. The van der Waals surface area contributed by atoms with E-state index in [0.29, 0.717) is 11.1 Å². The number of halogens is 1. The topological polar surface area (TPSA) is 232 Å². The number of amides is 5. The molecule has 0 aromatic heterocycles. The number of hydrogen-bond acceptors (Lipinski definition) is 9. The van der Waals surface area contributed by atoms with Gasteiger partial charge in [-0.1, -0.05) is 105 Å². The lowest BCUT2D eigenvalue weighted by Gasteiger charge is -2.32. The molecule has 9 N–H and O–H groups in total. The van der Waals surface area contributed by atoms with Crippen LogP contribution in [-0.4, -0.2) is 77.4 Å². The van der Waals surface area contributed by atoms with Crippen molar-refractivity contribution >= 4 is 47.9 Å². The van der Waals surface area contributed by atoms with Gasteiger partial charge in [-0.3, -0.25) is 24.0 Å². The van der Waals surface area contributed by atoms with Crippen molar-refractivity contribution in [3.63, 3.8) is 0 Å². The molecule has 52 heavy (non-hydrogen) atoms. The van der Waals surface area contributed by atoms with Crippen LogP contribution in [0.3, 0.4) is 0 Å². The van der Waals surface area contributed by atoms with Crippen molar-refractivity contribution in [2.45, 2.75) is 69.9 Å². The van der Waals surface area contributed by atoms with Crippen molar-refractivity contribution in [1.29, 1.82) is 0 Å². The molecule has 0 saturated heterocycles. The van der Waals surface area contributed by atoms with E-state index in [0.717, 1.165) is 5.56 Å². The van der Waals surface area contributed by atoms with E-state index in [1.165, 1.54) is 6.92 Å². The molecule has 0 radical (unpaired) electrons. The van der Waals surface area contributed by atoms with Crippen molar-refractivity contribution in [2.75, 3.05) is 6.61 Å². The SMILES string of the molecule is CC(C)[C@H](NC(=O)[C@H](CC(N)=O)NC(=O)[C@@H](N)CO)C(=O)N[C@H](C(=O)N[C@@H](C)C(=O)OCc1ccccc1)C(c1ccccc1)c1ccccc1.Cl. The third kappa shape index (κ3) is 12.8. The van der Waals surface area contributed by atoms with E-state index < -0.39 is 90.6 Å². The standard InChI is InChI=1S/C37H46N6O8.ClH/c1-22(2)31(42-34(47)28(19-29(39)45)41-33(46)27(38)20-44)35(48)43-32(30(25-15-9-5-10-16-25)26-17-11-6-12-18-26)36(49)40-23(3)37(50)51-21-24-13-7-4-8-14-24;/h4-18,22-23,27-28,30-32,44H,19-21,38H2,1-3H3,(H2,39,45)(H,40,49)(H,41,46)(H,42,47)(H,43,48);1H/t23-,27-,28-,31-,32-;/m0./s1. The van der Waals surface area contributed by atoms with E-state index in [1.54, 1.807) is 74.5 Å². The first-order valence-corrected chi connectivity index (χ1v) is 16.5. The van der Waals surface area contributed by atoms with Gasteiger partial charge < -0.3 is 42.6 Å². The molecule has 0 aliphatic heterocycles. The molecular weight excluding hydrogens is 692 g/mol. The molecule has 14 nitrogen and oxygen atoms in total. The molecule has 0 aliphatic carbocycles. The summed E-state index contributed by atoms with van der Waals surface area (Å²) in [4.78, 5) is 78.7. The molecule has 0 fully saturated rings. The van der Waals surface area contributed by atoms with E-state index in [9.17, 15) is 33.9 Å². The van der Waals surface area contributed by atoms with Crippen molar-refractivity contribution in [1.82, 2.24) is 21.3 Å². The molecular formula is C37H47ClN6O8. The number of rotatable bonds is 18. The lowest BCUT2D eigenvalue weighted by atomic mass is 9.84. The highest BCUT2D eigenvalue weighted by molar-refractivity contribution is 5.97. The summed E-state index contributed by atoms with van der Waals surface area (Å²) >= 11 is 0. The van der Waals surface area contributed by atoms with E-state index in [4.69, 9.17) is 16.2 Å². The molecule has 3 aromatic carbocycles. The highest BCUT2D eigenvalue weighted by Gasteiger charge is 2.37. The van der Waals surface area contributed by atoms with Crippen molar-refractivity contribution in [3.05, 3.63) is 108 Å². The van der Waals surface area contributed by atoms with Crippen LogP contribution in [-0.2, 0) is 40.1 Å². The average Bonchev–Trinajstić information content (AvgIpc) is 3.12. The summed E-state index contributed by atoms with van der Waals surface area (Å²) in [5.74, 6) is -6.20. The molecule has 0 bridgehead atoms. The molecule has 280 valence electrons. The maximum atomic E-state index is 14.2. The van der Waals surface area contributed by atoms with E-state index in [1.807, 2.05) is 30.3 Å². The number of nitrogens with two attached hydrogens (primary N) is 2. The highest BCUT2D eigenvalue weighted by Crippen LogP contribution is 2.29. The number of ether oxygens (including phenoxy) is 1. The third-order valence-electron chi connectivity index (χ3n) is 7.99. The number of aliphatic hydroxyl groups is 1. The summed E-state index contributed by atoms with van der Waals surface area (Å²) in [6.45, 7) is 4.05. The molecule has 0 aliphatic rings. The Balaban J connectivity index is 0.00000936. The number of nitrogens with one attached hydrogen (secondary N) is 4. The van der Waals surface area contributed by atoms with Crippen LogP contribution in [0.2, 0.25) is 0 Å². The molecule has 0 unspecified atom stereocenters. The van der Waals surface area contributed by atoms with Crippen LogP contribution in [0.15, 0.2) is 91.0 Å². The first-order valence-electron chi connectivity index (χ1n) is 16.5. The van der Waals surface area contributed by atoms with E-state index in [2.05, 4.69) is 21.3 Å². The van der Waals surface area contributed by atoms with Crippen molar-refractivity contribution in [3.8, 4) is 0 Å². The average molecular weight is 739 g/mol. The lowest BCUT2D eigenvalue weighted by Crippen LogP contribution is -2.61. The lowest BCUT2D eigenvalue weighted by molar-refractivity contribution is -0.149. The molecule has 15 heteroatoms. The van der Waals surface area contributed by atoms with Crippen LogP contribution in [0.4, 0.5) is 0 Å². The van der Waals surface area contributed by atoms with Crippen LogP contribution in [0.5, 0.6) is 0 Å². The Morgan fingerprint density at radius 1 is 0.673 bits per heavy atom. The van der Waals surface area contributed by atoms with Gasteiger partial charge in [-0.25, -0.2) is 4.79 Å². The Bertz CT molecular complexity index is 1590. The van der Waals surface area contributed by atoms with E-state index in [-0.39, 0.29) is 19.0 Å². The molecule has 3 aromatic rings. The van der Waals surface area contributed by atoms with Crippen LogP contribution < -0.4 is 32.7 Å². The maximum Gasteiger partial charge on any atom is 0.328 e. The summed E-state index contributed by atoms with van der Waals surface area (Å²) in [6, 6.07) is 20.5. The zero-order valence-corrected chi connectivity index (χ0v) is 30.0. The van der Waals surface area contributed by atoms with Gasteiger partial charge in [0.2, 0.25) is 29.5 Å². The van der Waals surface area contributed by atoms with Crippen molar-refractivity contribution in [2.24, 2.45) is 17.4 Å². The van der Waals surface area contributed by atoms with Gasteiger partial charge in [-0.05, 0) is 29.5 Å². The minimum absolute atomic E-state index is 0. The molecule has 5 amide bonds. The van der Waals surface area contributed by atoms with E-state index >= 15 is 0 Å². The normalized spacial score (nSPS) is 13.7. The zero-order valence-electron chi connectivity index (χ0n) is 29.2. The van der Waals surface area contributed by atoms with Gasteiger partial charge in [-0.2, -0.15) is 0 Å². The number of hydrogen-bond donors (Lipinski definition) is 7. The number of carbonyl (C=O) groups excluding carboxylic acids is 6. The summed E-state index contributed by atoms with van der Waals surface area (Å²) in [6.07, 6.45) is -0.616. The molecule has 0 spiro atoms. The fraction of sp³-hybridized carbons (Fsp3) is 0.351. The monoisotopic (exact) mass is 738 g/mol. The van der Waals surface area contributed by atoms with Gasteiger partial charge in [0.25, 0.3) is 0 Å². The van der Waals surface area contributed by atoms with Crippen LogP contribution >= 0.6 is 12.4 Å². The van der Waals surface area contributed by atoms with Gasteiger partial charge in [0.15, 0.2) is 0 Å². The number of esters is 1. The molecule has 0 heterocycles.